The van der Waals surface area contributed by atoms with Gasteiger partial charge in [-0.25, -0.2) is 4.98 Å². The third kappa shape index (κ3) is 9.35. The lowest BCUT2D eigenvalue weighted by atomic mass is 10.0. The average molecular weight is 429 g/mol. The number of benzene rings is 1. The molecule has 1 aromatic carbocycles. The Labute approximate surface area is 191 Å². The zero-order valence-electron chi connectivity index (χ0n) is 20.7. The van der Waals surface area contributed by atoms with E-state index in [0.29, 0.717) is 0 Å². The molecule has 2 aromatic rings. The lowest BCUT2D eigenvalue weighted by Crippen LogP contribution is -2.04. The maximum absolute atomic E-state index is 9.71. The summed E-state index contributed by atoms with van der Waals surface area (Å²) in [7, 11) is 0. The number of hydrogen-bond donors (Lipinski definition) is 1. The van der Waals surface area contributed by atoms with Crippen LogP contribution < -0.4 is 0 Å². The molecule has 31 heavy (non-hydrogen) atoms. The lowest BCUT2D eigenvalue weighted by molar-refractivity contribution is 0.265. The van der Waals surface area contributed by atoms with E-state index in [1.165, 1.54) is 119 Å². The molecular weight excluding hydrogens is 380 g/mol. The number of fused-ring (bicyclic) bond motifs is 1. The Hall–Kier alpha value is -1.35. The van der Waals surface area contributed by atoms with Gasteiger partial charge in [0, 0.05) is 6.54 Å². The summed E-state index contributed by atoms with van der Waals surface area (Å²) in [5, 5.41) is 9.71. The van der Waals surface area contributed by atoms with Crippen LogP contribution >= 0.6 is 0 Å². The second-order valence-corrected chi connectivity index (χ2v) is 9.57. The van der Waals surface area contributed by atoms with Gasteiger partial charge < -0.3 is 9.67 Å². The molecule has 176 valence electrons. The largest absolute Gasteiger partial charge is 0.388 e. The highest BCUT2D eigenvalue weighted by Crippen LogP contribution is 2.22. The summed E-state index contributed by atoms with van der Waals surface area (Å²) in [4.78, 5) is 4.64. The standard InChI is InChI=1S/C28H48N2O/c1-4-5-6-7-8-9-10-11-12-13-14-15-16-17-18-19-20-30-27-22-25(3)24(2)21-26(27)29-28(30)23-31/h21-22,31H,4-20,23H2,1-3H3. The number of aliphatic hydroxyl groups is 1. The molecule has 0 atom stereocenters. The highest BCUT2D eigenvalue weighted by Gasteiger charge is 2.11. The van der Waals surface area contributed by atoms with Gasteiger partial charge in [0.2, 0.25) is 0 Å². The smallest absolute Gasteiger partial charge is 0.135 e. The van der Waals surface area contributed by atoms with Crippen molar-refractivity contribution in [3.05, 3.63) is 29.1 Å². The number of aromatic nitrogens is 2. The zero-order chi connectivity index (χ0) is 22.3. The lowest BCUT2D eigenvalue weighted by Gasteiger charge is -2.09. The van der Waals surface area contributed by atoms with Gasteiger partial charge in [0.1, 0.15) is 12.4 Å². The molecule has 1 aromatic heterocycles. The number of imidazole rings is 1. The van der Waals surface area contributed by atoms with Crippen LogP contribution in [-0.4, -0.2) is 14.7 Å². The van der Waals surface area contributed by atoms with Gasteiger partial charge in [-0.05, 0) is 43.5 Å². The van der Waals surface area contributed by atoms with Crippen LogP contribution in [0.2, 0.25) is 0 Å². The molecule has 0 spiro atoms. The van der Waals surface area contributed by atoms with Gasteiger partial charge in [-0.2, -0.15) is 0 Å². The van der Waals surface area contributed by atoms with Crippen LogP contribution in [0.5, 0.6) is 0 Å². The Morgan fingerprint density at radius 3 is 1.61 bits per heavy atom. The van der Waals surface area contributed by atoms with E-state index in [-0.39, 0.29) is 6.61 Å². The van der Waals surface area contributed by atoms with Crippen LogP contribution in [0, 0.1) is 13.8 Å². The fourth-order valence-corrected chi connectivity index (χ4v) is 4.62. The second-order valence-electron chi connectivity index (χ2n) is 9.57. The Kier molecular flexibility index (Phi) is 12.9. The van der Waals surface area contributed by atoms with Crippen molar-refractivity contribution in [2.24, 2.45) is 0 Å². The quantitative estimate of drug-likeness (QED) is 0.242. The number of aliphatic hydroxyl groups excluding tert-OH is 1. The molecule has 0 saturated heterocycles. The highest BCUT2D eigenvalue weighted by molar-refractivity contribution is 5.78. The van der Waals surface area contributed by atoms with E-state index in [2.05, 4.69) is 42.5 Å². The summed E-state index contributed by atoms with van der Waals surface area (Å²) >= 11 is 0. The van der Waals surface area contributed by atoms with Crippen LogP contribution in [0.1, 0.15) is 127 Å². The first-order chi connectivity index (χ1) is 15.2. The molecule has 0 saturated carbocycles. The van der Waals surface area contributed by atoms with Crippen LogP contribution in [0.3, 0.4) is 0 Å². The van der Waals surface area contributed by atoms with Gasteiger partial charge >= 0.3 is 0 Å². The summed E-state index contributed by atoms with van der Waals surface area (Å²) in [6.07, 6.45) is 22.3. The normalized spacial score (nSPS) is 11.6. The highest BCUT2D eigenvalue weighted by atomic mass is 16.3. The Morgan fingerprint density at radius 2 is 1.13 bits per heavy atom. The molecule has 0 radical (unpaired) electrons. The van der Waals surface area contributed by atoms with Crippen molar-refractivity contribution in [2.45, 2.75) is 137 Å². The third-order valence-electron chi connectivity index (χ3n) is 6.82. The van der Waals surface area contributed by atoms with Crippen LogP contribution in [-0.2, 0) is 13.2 Å². The molecule has 0 aliphatic rings. The predicted molar refractivity (Wildman–Crippen MR) is 135 cm³/mol. The van der Waals surface area contributed by atoms with Gasteiger partial charge in [-0.1, -0.05) is 103 Å². The number of rotatable bonds is 18. The number of hydrogen-bond acceptors (Lipinski definition) is 2. The molecule has 0 fully saturated rings. The maximum atomic E-state index is 9.71. The minimum absolute atomic E-state index is 0.0195. The summed E-state index contributed by atoms with van der Waals surface area (Å²) in [5.74, 6) is 0.806. The van der Waals surface area contributed by atoms with E-state index in [9.17, 15) is 5.11 Å². The minimum Gasteiger partial charge on any atom is -0.388 e. The molecule has 0 bridgehead atoms. The van der Waals surface area contributed by atoms with Crippen LogP contribution in [0.15, 0.2) is 12.1 Å². The first-order valence-corrected chi connectivity index (χ1v) is 13.2. The van der Waals surface area contributed by atoms with Crippen molar-refractivity contribution in [1.29, 1.82) is 0 Å². The van der Waals surface area contributed by atoms with Gasteiger partial charge in [-0.15, -0.1) is 0 Å². The Balaban J connectivity index is 1.49. The van der Waals surface area contributed by atoms with Gasteiger partial charge in [-0.3, -0.25) is 0 Å². The summed E-state index contributed by atoms with van der Waals surface area (Å²) < 4.78 is 2.23. The summed E-state index contributed by atoms with van der Waals surface area (Å²) in [6.45, 7) is 7.55. The summed E-state index contributed by atoms with van der Waals surface area (Å²) in [5.41, 5.74) is 4.76. The van der Waals surface area contributed by atoms with Crippen molar-refractivity contribution in [1.82, 2.24) is 9.55 Å². The van der Waals surface area contributed by atoms with Crippen molar-refractivity contribution in [3.8, 4) is 0 Å². The van der Waals surface area contributed by atoms with E-state index in [1.807, 2.05) is 0 Å². The number of aryl methyl sites for hydroxylation is 3. The first-order valence-electron chi connectivity index (χ1n) is 13.2. The molecule has 0 aliphatic heterocycles. The van der Waals surface area contributed by atoms with Crippen LogP contribution in [0.25, 0.3) is 11.0 Å². The van der Waals surface area contributed by atoms with Crippen molar-refractivity contribution < 1.29 is 5.11 Å². The van der Waals surface area contributed by atoms with Gasteiger partial charge in [0.05, 0.1) is 11.0 Å². The third-order valence-corrected chi connectivity index (χ3v) is 6.82. The Bertz CT molecular complexity index is 734. The Morgan fingerprint density at radius 1 is 0.677 bits per heavy atom. The van der Waals surface area contributed by atoms with E-state index >= 15 is 0 Å². The van der Waals surface area contributed by atoms with Crippen molar-refractivity contribution in [3.63, 3.8) is 0 Å². The SMILES string of the molecule is CCCCCCCCCCCCCCCCCCn1c(CO)nc2cc(C)c(C)cc21. The van der Waals surface area contributed by atoms with E-state index in [1.54, 1.807) is 0 Å². The minimum atomic E-state index is 0.0195. The molecule has 3 nitrogen and oxygen atoms in total. The zero-order valence-corrected chi connectivity index (χ0v) is 20.7. The summed E-state index contributed by atoms with van der Waals surface area (Å²) in [6, 6.07) is 4.37. The number of unbranched alkanes of at least 4 members (excludes halogenated alkanes) is 15. The van der Waals surface area contributed by atoms with Crippen molar-refractivity contribution >= 4 is 11.0 Å². The molecule has 0 amide bonds. The maximum Gasteiger partial charge on any atom is 0.135 e. The fraction of sp³-hybridized carbons (Fsp3) is 0.750. The molecule has 0 unspecified atom stereocenters. The predicted octanol–water partition coefficient (Wildman–Crippen LogP) is 8.41. The second kappa shape index (κ2) is 15.5. The molecule has 1 heterocycles. The van der Waals surface area contributed by atoms with E-state index in [0.717, 1.165) is 17.9 Å². The topological polar surface area (TPSA) is 38.0 Å². The number of nitrogens with zero attached hydrogens (tertiary/aromatic N) is 2. The monoisotopic (exact) mass is 428 g/mol. The molecule has 3 heteroatoms. The van der Waals surface area contributed by atoms with Crippen LogP contribution in [0.4, 0.5) is 0 Å². The van der Waals surface area contributed by atoms with Crippen molar-refractivity contribution in [2.75, 3.05) is 0 Å². The molecule has 1 N–H and O–H groups in total. The fourth-order valence-electron chi connectivity index (χ4n) is 4.62. The first kappa shape index (κ1) is 25.9. The van der Waals surface area contributed by atoms with E-state index in [4.69, 9.17) is 0 Å². The molecule has 2 rings (SSSR count). The average Bonchev–Trinajstić information content (AvgIpc) is 3.10. The van der Waals surface area contributed by atoms with E-state index < -0.39 is 0 Å². The molecular formula is C28H48N2O. The molecule has 0 aliphatic carbocycles. The van der Waals surface area contributed by atoms with Gasteiger partial charge in [0.15, 0.2) is 0 Å². The van der Waals surface area contributed by atoms with Gasteiger partial charge in [0.25, 0.3) is 0 Å².